The minimum Gasteiger partial charge on any atom is -0.469 e. The van der Waals surface area contributed by atoms with E-state index >= 15 is 0 Å². The van der Waals surface area contributed by atoms with Crippen LogP contribution in [0.25, 0.3) is 11.1 Å². The molecule has 154 valence electrons. The molecule has 1 aliphatic rings. The number of benzene rings is 2. The summed E-state index contributed by atoms with van der Waals surface area (Å²) in [6.45, 7) is 4.12. The van der Waals surface area contributed by atoms with Gasteiger partial charge in [-0.1, -0.05) is 55.1 Å². The molecule has 1 fully saturated rings. The van der Waals surface area contributed by atoms with Crippen LogP contribution in [0.1, 0.15) is 55.2 Å². The van der Waals surface area contributed by atoms with E-state index in [1.54, 1.807) is 0 Å². The maximum atomic E-state index is 13.0. The molecule has 0 unspecified atom stereocenters. The normalized spacial score (nSPS) is 15.7. The Labute approximate surface area is 178 Å². The first-order chi connectivity index (χ1) is 13.8. The molecule has 0 atom stereocenters. The number of Topliss-reactive ketones (excluding diaryl/α,β-unsaturated/α-hetero) is 1. The lowest BCUT2D eigenvalue weighted by atomic mass is 9.70. The number of methoxy groups -OCH3 is 1. The van der Waals surface area contributed by atoms with Crippen molar-refractivity contribution in [3.8, 4) is 11.1 Å². The second-order valence-corrected chi connectivity index (χ2v) is 8.76. The highest BCUT2D eigenvalue weighted by molar-refractivity contribution is 6.30. The van der Waals surface area contributed by atoms with Crippen LogP contribution in [-0.2, 0) is 20.7 Å². The van der Waals surface area contributed by atoms with E-state index in [1.807, 2.05) is 31.2 Å². The lowest BCUT2D eigenvalue weighted by Gasteiger charge is -2.34. The molecule has 2 aromatic rings. The van der Waals surface area contributed by atoms with E-state index < -0.39 is 5.41 Å². The van der Waals surface area contributed by atoms with Crippen LogP contribution >= 0.6 is 11.6 Å². The molecule has 29 heavy (non-hydrogen) atoms. The molecule has 3 nitrogen and oxygen atoms in total. The maximum Gasteiger partial charge on any atom is 0.312 e. The van der Waals surface area contributed by atoms with E-state index in [0.717, 1.165) is 54.4 Å². The lowest BCUT2D eigenvalue weighted by Crippen LogP contribution is -2.37. The summed E-state index contributed by atoms with van der Waals surface area (Å²) < 4.78 is 5.07. The largest absolute Gasteiger partial charge is 0.469 e. The Morgan fingerprint density at radius 3 is 2.28 bits per heavy atom. The van der Waals surface area contributed by atoms with Crippen molar-refractivity contribution in [1.29, 1.82) is 0 Å². The fourth-order valence-electron chi connectivity index (χ4n) is 4.58. The number of esters is 1. The Morgan fingerprint density at radius 2 is 1.66 bits per heavy atom. The van der Waals surface area contributed by atoms with Crippen molar-refractivity contribution >= 4 is 23.4 Å². The fraction of sp³-hybridized carbons (Fsp3) is 0.440. The van der Waals surface area contributed by atoms with Crippen molar-refractivity contribution in [3.05, 3.63) is 58.1 Å². The van der Waals surface area contributed by atoms with Crippen molar-refractivity contribution in [3.63, 3.8) is 0 Å². The number of carbonyl (C=O) groups is 2. The molecule has 0 spiro atoms. The van der Waals surface area contributed by atoms with Crippen molar-refractivity contribution in [2.75, 3.05) is 7.11 Å². The van der Waals surface area contributed by atoms with Gasteiger partial charge in [0.2, 0.25) is 0 Å². The molecule has 4 heteroatoms. The molecule has 0 heterocycles. The second kappa shape index (κ2) is 9.13. The molecule has 0 radical (unpaired) electrons. The highest BCUT2D eigenvalue weighted by atomic mass is 35.5. The number of hydrogen-bond donors (Lipinski definition) is 0. The zero-order chi connectivity index (χ0) is 21.0. The Bertz CT molecular complexity index is 893. The molecule has 1 aliphatic carbocycles. The zero-order valence-corrected chi connectivity index (χ0v) is 18.3. The Balaban J connectivity index is 1.83. The van der Waals surface area contributed by atoms with Gasteiger partial charge in [0.1, 0.15) is 5.78 Å². The van der Waals surface area contributed by atoms with E-state index in [2.05, 4.69) is 19.1 Å². The van der Waals surface area contributed by atoms with Crippen molar-refractivity contribution < 1.29 is 14.3 Å². The second-order valence-electron chi connectivity index (χ2n) is 8.33. The molecule has 2 aromatic carbocycles. The van der Waals surface area contributed by atoms with Crippen LogP contribution in [0.4, 0.5) is 0 Å². The number of halogens is 1. The molecular formula is C25H29ClO3. The molecule has 0 bridgehead atoms. The van der Waals surface area contributed by atoms with Crippen molar-refractivity contribution in [2.24, 2.45) is 5.41 Å². The summed E-state index contributed by atoms with van der Waals surface area (Å²) in [4.78, 5) is 25.5. The van der Waals surface area contributed by atoms with Crippen LogP contribution in [0.15, 0.2) is 36.4 Å². The van der Waals surface area contributed by atoms with Gasteiger partial charge in [-0.15, -0.1) is 0 Å². The fourth-order valence-corrected chi connectivity index (χ4v) is 4.70. The van der Waals surface area contributed by atoms with E-state index in [4.69, 9.17) is 16.3 Å². The van der Waals surface area contributed by atoms with Crippen LogP contribution < -0.4 is 0 Å². The first-order valence-electron chi connectivity index (χ1n) is 10.3. The highest BCUT2D eigenvalue weighted by Crippen LogP contribution is 2.41. The molecule has 1 saturated carbocycles. The smallest absolute Gasteiger partial charge is 0.312 e. The summed E-state index contributed by atoms with van der Waals surface area (Å²) in [6.07, 6.45) is 5.17. The Kier molecular flexibility index (Phi) is 6.79. The predicted octanol–water partition coefficient (Wildman–Crippen LogP) is 6.25. The molecule has 0 saturated heterocycles. The summed E-state index contributed by atoms with van der Waals surface area (Å²) >= 11 is 6.02. The van der Waals surface area contributed by atoms with Gasteiger partial charge in [0.15, 0.2) is 0 Å². The predicted molar refractivity (Wildman–Crippen MR) is 117 cm³/mol. The zero-order valence-electron chi connectivity index (χ0n) is 17.5. The van der Waals surface area contributed by atoms with Crippen molar-refractivity contribution in [1.82, 2.24) is 0 Å². The summed E-state index contributed by atoms with van der Waals surface area (Å²) in [5, 5.41) is 0.703. The number of hydrogen-bond acceptors (Lipinski definition) is 3. The SMILES string of the molecule is COC(=O)C1(CC(=O)Cc2cc(-c3ccc(Cl)cc3)c(C)cc2C)CCCCC1. The number of ether oxygens (including phenoxy) is 1. The third kappa shape index (κ3) is 4.90. The molecule has 0 amide bonds. The Hall–Kier alpha value is -2.13. The molecule has 0 aromatic heterocycles. The summed E-state index contributed by atoms with van der Waals surface area (Å²) in [5.74, 6) is -0.126. The summed E-state index contributed by atoms with van der Waals surface area (Å²) in [6, 6.07) is 12.0. The quantitative estimate of drug-likeness (QED) is 0.526. The third-order valence-electron chi connectivity index (χ3n) is 6.19. The molecule has 3 rings (SSSR count). The van der Waals surface area contributed by atoms with E-state index in [1.165, 1.54) is 12.7 Å². The van der Waals surface area contributed by atoms with E-state index in [-0.39, 0.29) is 18.2 Å². The van der Waals surface area contributed by atoms with Gasteiger partial charge in [0, 0.05) is 17.9 Å². The number of carbonyl (C=O) groups excluding carboxylic acids is 2. The number of ketones is 1. The van der Waals surface area contributed by atoms with Crippen LogP contribution in [0.3, 0.4) is 0 Å². The highest BCUT2D eigenvalue weighted by Gasteiger charge is 2.42. The minimum absolute atomic E-state index is 0.103. The maximum absolute atomic E-state index is 13.0. The van der Waals surface area contributed by atoms with Gasteiger partial charge in [-0.3, -0.25) is 9.59 Å². The lowest BCUT2D eigenvalue weighted by molar-refractivity contribution is -0.157. The van der Waals surface area contributed by atoms with Crippen molar-refractivity contribution in [2.45, 2.75) is 58.8 Å². The summed E-state index contributed by atoms with van der Waals surface area (Å²) in [7, 11) is 1.42. The third-order valence-corrected chi connectivity index (χ3v) is 6.44. The van der Waals surface area contributed by atoms with E-state index in [9.17, 15) is 9.59 Å². The Morgan fingerprint density at radius 1 is 1.00 bits per heavy atom. The van der Waals surface area contributed by atoms with Gasteiger partial charge < -0.3 is 4.74 Å². The van der Waals surface area contributed by atoms with Gasteiger partial charge in [0.05, 0.1) is 12.5 Å². The topological polar surface area (TPSA) is 43.4 Å². The first-order valence-corrected chi connectivity index (χ1v) is 10.7. The average molecular weight is 413 g/mol. The standard InChI is InChI=1S/C25H29ClO3/c1-17-13-18(2)23(19-7-9-21(26)10-8-19)15-20(17)14-22(27)16-25(24(28)29-3)11-5-4-6-12-25/h7-10,13,15H,4-6,11-12,14,16H2,1-3H3. The van der Waals surface area contributed by atoms with E-state index in [0.29, 0.717) is 11.4 Å². The molecule has 0 N–H and O–H groups in total. The van der Waals surface area contributed by atoms with Gasteiger partial charge >= 0.3 is 5.97 Å². The average Bonchev–Trinajstić information content (AvgIpc) is 2.71. The van der Waals surface area contributed by atoms with Gasteiger partial charge in [-0.25, -0.2) is 0 Å². The van der Waals surface area contributed by atoms with Gasteiger partial charge in [0.25, 0.3) is 0 Å². The van der Waals surface area contributed by atoms with Crippen LogP contribution in [0, 0.1) is 19.3 Å². The van der Waals surface area contributed by atoms with Gasteiger partial charge in [-0.05, 0) is 66.6 Å². The first kappa shape index (κ1) is 21.6. The number of rotatable bonds is 6. The monoisotopic (exact) mass is 412 g/mol. The van der Waals surface area contributed by atoms with Gasteiger partial charge in [-0.2, -0.15) is 0 Å². The van der Waals surface area contributed by atoms with Crippen LogP contribution in [-0.4, -0.2) is 18.9 Å². The van der Waals surface area contributed by atoms with Crippen LogP contribution in [0.5, 0.6) is 0 Å². The minimum atomic E-state index is -0.637. The summed E-state index contributed by atoms with van der Waals surface area (Å²) in [5.41, 5.74) is 4.83. The molecular weight excluding hydrogens is 384 g/mol. The molecule has 0 aliphatic heterocycles. The van der Waals surface area contributed by atoms with Crippen LogP contribution in [0.2, 0.25) is 5.02 Å². The number of aryl methyl sites for hydroxylation is 2.